The SMILES string of the molecule is Cc1cccc(Oc2c(CCCN(C)C)c3ccccc3n2C)c1. The summed E-state index contributed by atoms with van der Waals surface area (Å²) >= 11 is 0. The molecule has 2 aromatic carbocycles. The van der Waals surface area contributed by atoms with E-state index in [-0.39, 0.29) is 0 Å². The fraction of sp³-hybridized carbons (Fsp3) is 0.333. The van der Waals surface area contributed by atoms with Crippen LogP contribution < -0.4 is 4.74 Å². The van der Waals surface area contributed by atoms with Crippen molar-refractivity contribution in [1.29, 1.82) is 0 Å². The molecular weight excluding hydrogens is 296 g/mol. The molecule has 3 nitrogen and oxygen atoms in total. The average molecular weight is 322 g/mol. The van der Waals surface area contributed by atoms with Crippen LogP contribution in [0.2, 0.25) is 0 Å². The normalized spacial score (nSPS) is 11.4. The first-order chi connectivity index (χ1) is 11.6. The molecule has 3 aromatic rings. The Kier molecular flexibility index (Phi) is 4.91. The zero-order valence-corrected chi connectivity index (χ0v) is 15.0. The van der Waals surface area contributed by atoms with Crippen LogP contribution in [-0.4, -0.2) is 30.1 Å². The number of hydrogen-bond acceptors (Lipinski definition) is 2. The van der Waals surface area contributed by atoms with Gasteiger partial charge in [0.05, 0.1) is 5.52 Å². The van der Waals surface area contributed by atoms with E-state index >= 15 is 0 Å². The number of nitrogens with zero attached hydrogens (tertiary/aromatic N) is 2. The van der Waals surface area contributed by atoms with Gasteiger partial charge in [-0.3, -0.25) is 0 Å². The zero-order valence-electron chi connectivity index (χ0n) is 15.0. The maximum atomic E-state index is 6.31. The number of aromatic nitrogens is 1. The number of para-hydroxylation sites is 1. The summed E-state index contributed by atoms with van der Waals surface area (Å²) in [5.41, 5.74) is 3.73. The van der Waals surface area contributed by atoms with Crippen LogP contribution in [0.25, 0.3) is 10.9 Å². The molecule has 0 fully saturated rings. The van der Waals surface area contributed by atoms with Gasteiger partial charge in [0.1, 0.15) is 5.75 Å². The predicted octanol–water partition coefficient (Wildman–Crippen LogP) is 4.77. The van der Waals surface area contributed by atoms with Gasteiger partial charge in [-0.25, -0.2) is 0 Å². The molecular formula is C21H26N2O. The average Bonchev–Trinajstić information content (AvgIpc) is 2.81. The van der Waals surface area contributed by atoms with E-state index in [0.717, 1.165) is 31.0 Å². The van der Waals surface area contributed by atoms with E-state index in [0.29, 0.717) is 0 Å². The molecule has 0 radical (unpaired) electrons. The lowest BCUT2D eigenvalue weighted by Gasteiger charge is -2.12. The number of ether oxygens (including phenoxy) is 1. The molecule has 0 aliphatic carbocycles. The van der Waals surface area contributed by atoms with Crippen LogP contribution in [0.15, 0.2) is 48.5 Å². The lowest BCUT2D eigenvalue weighted by atomic mass is 10.1. The Labute approximate surface area is 144 Å². The van der Waals surface area contributed by atoms with E-state index in [4.69, 9.17) is 4.74 Å². The number of benzene rings is 2. The molecule has 1 aromatic heterocycles. The van der Waals surface area contributed by atoms with E-state index in [1.165, 1.54) is 22.0 Å². The van der Waals surface area contributed by atoms with Gasteiger partial charge in [0.15, 0.2) is 0 Å². The summed E-state index contributed by atoms with van der Waals surface area (Å²) in [6, 6.07) is 16.8. The lowest BCUT2D eigenvalue weighted by Crippen LogP contribution is -2.13. The van der Waals surface area contributed by atoms with Crippen LogP contribution in [0.4, 0.5) is 0 Å². The molecule has 0 aliphatic rings. The van der Waals surface area contributed by atoms with Crippen molar-refractivity contribution < 1.29 is 4.74 Å². The van der Waals surface area contributed by atoms with E-state index < -0.39 is 0 Å². The third kappa shape index (κ3) is 3.46. The van der Waals surface area contributed by atoms with Gasteiger partial charge < -0.3 is 14.2 Å². The summed E-state index contributed by atoms with van der Waals surface area (Å²) < 4.78 is 8.48. The third-order valence-electron chi connectivity index (χ3n) is 4.39. The minimum Gasteiger partial charge on any atom is -0.441 e. The van der Waals surface area contributed by atoms with Gasteiger partial charge in [0, 0.05) is 18.0 Å². The van der Waals surface area contributed by atoms with Crippen molar-refractivity contribution >= 4 is 10.9 Å². The second-order valence-electron chi connectivity index (χ2n) is 6.69. The summed E-state index contributed by atoms with van der Waals surface area (Å²) in [7, 11) is 6.32. The van der Waals surface area contributed by atoms with E-state index in [1.807, 2.05) is 12.1 Å². The lowest BCUT2D eigenvalue weighted by molar-refractivity contribution is 0.396. The fourth-order valence-electron chi connectivity index (χ4n) is 3.18. The standard InChI is InChI=1S/C21H26N2O/c1-16-9-7-10-17(15-16)24-21-19(12-8-14-22(2)3)18-11-5-6-13-20(18)23(21)4/h5-7,9-11,13,15H,8,12,14H2,1-4H3. The Hall–Kier alpha value is -2.26. The predicted molar refractivity (Wildman–Crippen MR) is 101 cm³/mol. The maximum absolute atomic E-state index is 6.31. The molecule has 0 atom stereocenters. The molecule has 126 valence electrons. The van der Waals surface area contributed by atoms with Crippen molar-refractivity contribution in [3.8, 4) is 11.6 Å². The van der Waals surface area contributed by atoms with Crippen molar-refractivity contribution in [1.82, 2.24) is 9.47 Å². The molecule has 0 saturated carbocycles. The Morgan fingerprint density at radius 2 is 1.83 bits per heavy atom. The van der Waals surface area contributed by atoms with Gasteiger partial charge in [-0.15, -0.1) is 0 Å². The molecule has 0 N–H and O–H groups in total. The molecule has 0 amide bonds. The van der Waals surface area contributed by atoms with Crippen LogP contribution in [0.3, 0.4) is 0 Å². The minimum atomic E-state index is 0.898. The summed E-state index contributed by atoms with van der Waals surface area (Å²) in [4.78, 5) is 2.23. The molecule has 0 spiro atoms. The summed E-state index contributed by atoms with van der Waals surface area (Å²) in [6.07, 6.45) is 2.13. The van der Waals surface area contributed by atoms with Crippen LogP contribution in [0.1, 0.15) is 17.5 Å². The quantitative estimate of drug-likeness (QED) is 0.650. The molecule has 24 heavy (non-hydrogen) atoms. The first-order valence-corrected chi connectivity index (χ1v) is 8.52. The van der Waals surface area contributed by atoms with Gasteiger partial charge in [0.2, 0.25) is 5.88 Å². The Morgan fingerprint density at radius 1 is 1.04 bits per heavy atom. The van der Waals surface area contributed by atoms with E-state index in [1.54, 1.807) is 0 Å². The van der Waals surface area contributed by atoms with Gasteiger partial charge in [-0.2, -0.15) is 0 Å². The molecule has 0 aliphatic heterocycles. The zero-order chi connectivity index (χ0) is 17.1. The molecule has 3 heteroatoms. The monoisotopic (exact) mass is 322 g/mol. The van der Waals surface area contributed by atoms with Crippen molar-refractivity contribution in [2.75, 3.05) is 20.6 Å². The van der Waals surface area contributed by atoms with Crippen LogP contribution >= 0.6 is 0 Å². The maximum Gasteiger partial charge on any atom is 0.204 e. The summed E-state index contributed by atoms with van der Waals surface area (Å²) in [5, 5.41) is 1.29. The smallest absolute Gasteiger partial charge is 0.204 e. The van der Waals surface area contributed by atoms with E-state index in [9.17, 15) is 0 Å². The van der Waals surface area contributed by atoms with Gasteiger partial charge in [0.25, 0.3) is 0 Å². The number of rotatable bonds is 6. The minimum absolute atomic E-state index is 0.898. The first kappa shape index (κ1) is 16.6. The molecule has 0 unspecified atom stereocenters. The highest BCUT2D eigenvalue weighted by Crippen LogP contribution is 2.35. The Morgan fingerprint density at radius 3 is 2.58 bits per heavy atom. The molecule has 0 saturated heterocycles. The second kappa shape index (κ2) is 7.10. The topological polar surface area (TPSA) is 17.4 Å². The van der Waals surface area contributed by atoms with Crippen molar-refractivity contribution in [2.45, 2.75) is 19.8 Å². The highest BCUT2D eigenvalue weighted by molar-refractivity contribution is 5.87. The number of hydrogen-bond donors (Lipinski definition) is 0. The number of aryl methyl sites for hydroxylation is 3. The Balaban J connectivity index is 1.99. The first-order valence-electron chi connectivity index (χ1n) is 8.52. The van der Waals surface area contributed by atoms with Gasteiger partial charge in [-0.1, -0.05) is 30.3 Å². The fourth-order valence-corrected chi connectivity index (χ4v) is 3.18. The summed E-state index contributed by atoms with van der Waals surface area (Å²) in [6.45, 7) is 3.17. The second-order valence-corrected chi connectivity index (χ2v) is 6.69. The highest BCUT2D eigenvalue weighted by atomic mass is 16.5. The van der Waals surface area contributed by atoms with Crippen LogP contribution in [-0.2, 0) is 13.5 Å². The summed E-state index contributed by atoms with van der Waals surface area (Å²) in [5.74, 6) is 1.86. The Bertz CT molecular complexity index is 833. The molecule has 3 rings (SSSR count). The molecule has 0 bridgehead atoms. The largest absolute Gasteiger partial charge is 0.441 e. The van der Waals surface area contributed by atoms with Crippen molar-refractivity contribution in [3.05, 3.63) is 59.7 Å². The molecule has 1 heterocycles. The van der Waals surface area contributed by atoms with Crippen molar-refractivity contribution in [2.24, 2.45) is 7.05 Å². The van der Waals surface area contributed by atoms with Crippen molar-refractivity contribution in [3.63, 3.8) is 0 Å². The van der Waals surface area contributed by atoms with Crippen LogP contribution in [0, 0.1) is 6.92 Å². The number of fused-ring (bicyclic) bond motifs is 1. The van der Waals surface area contributed by atoms with Crippen LogP contribution in [0.5, 0.6) is 11.6 Å². The van der Waals surface area contributed by atoms with Gasteiger partial charge in [-0.05, 0) is 64.2 Å². The van der Waals surface area contributed by atoms with Gasteiger partial charge >= 0.3 is 0 Å². The highest BCUT2D eigenvalue weighted by Gasteiger charge is 2.16. The third-order valence-corrected chi connectivity index (χ3v) is 4.39. The van der Waals surface area contributed by atoms with E-state index in [2.05, 4.69) is 73.9 Å².